The average Bonchev–Trinajstić information content (AvgIpc) is 2.69. The first-order valence-corrected chi connectivity index (χ1v) is 12.6. The van der Waals surface area contributed by atoms with Crippen LogP contribution in [-0.2, 0) is 9.53 Å². The Balaban J connectivity index is 4.18. The quantitative estimate of drug-likeness (QED) is 0.159. The Bertz CT molecular complexity index is 317. The van der Waals surface area contributed by atoms with Crippen LogP contribution in [0.15, 0.2) is 0 Å². The predicted octanol–water partition coefficient (Wildman–Crippen LogP) is 7.70. The highest BCUT2D eigenvalue weighted by Gasteiger charge is 2.19. The zero-order valence-corrected chi connectivity index (χ0v) is 19.5. The fourth-order valence-electron chi connectivity index (χ4n) is 3.73. The molecule has 0 radical (unpaired) electrons. The second-order valence-electron chi connectivity index (χ2n) is 8.63. The molecule has 0 fully saturated rings. The fourth-order valence-corrected chi connectivity index (χ4v) is 3.73. The van der Waals surface area contributed by atoms with Gasteiger partial charge in [0.2, 0.25) is 0 Å². The van der Waals surface area contributed by atoms with Gasteiger partial charge in [0.1, 0.15) is 12.1 Å². The highest BCUT2D eigenvalue weighted by atomic mass is 16.5. The normalized spacial score (nSPS) is 12.5. The number of nitrogens with two attached hydrogens (primary N) is 1. The summed E-state index contributed by atoms with van der Waals surface area (Å²) in [5.41, 5.74) is 6.09. The number of carbonyl (C=O) groups is 1. The molecule has 0 saturated heterocycles. The lowest BCUT2D eigenvalue weighted by Gasteiger charge is -2.20. The molecule has 0 amide bonds. The SMILES string of the molecule is CCCCCCCCC(CCCCCCCC)OC(=O)C(N)CCCCCC. The van der Waals surface area contributed by atoms with Crippen LogP contribution < -0.4 is 5.73 Å². The minimum Gasteiger partial charge on any atom is -0.461 e. The summed E-state index contributed by atoms with van der Waals surface area (Å²) in [4.78, 5) is 12.4. The summed E-state index contributed by atoms with van der Waals surface area (Å²) in [6.45, 7) is 6.70. The first-order chi connectivity index (χ1) is 13.7. The molecule has 28 heavy (non-hydrogen) atoms. The third kappa shape index (κ3) is 17.5. The highest BCUT2D eigenvalue weighted by molar-refractivity contribution is 5.75. The van der Waals surface area contributed by atoms with Crippen molar-refractivity contribution in [2.45, 2.75) is 155 Å². The second kappa shape index (κ2) is 21.1. The van der Waals surface area contributed by atoms with Crippen molar-refractivity contribution < 1.29 is 9.53 Å². The lowest BCUT2D eigenvalue weighted by Crippen LogP contribution is -2.35. The number of hydrogen-bond donors (Lipinski definition) is 1. The number of carbonyl (C=O) groups excluding carboxylic acids is 1. The van der Waals surface area contributed by atoms with Gasteiger partial charge in [-0.25, -0.2) is 0 Å². The molecule has 168 valence electrons. The van der Waals surface area contributed by atoms with E-state index in [9.17, 15) is 4.79 Å². The summed E-state index contributed by atoms with van der Waals surface area (Å²) in [5, 5.41) is 0. The van der Waals surface area contributed by atoms with Crippen molar-refractivity contribution >= 4 is 5.97 Å². The Hall–Kier alpha value is -0.570. The van der Waals surface area contributed by atoms with Gasteiger partial charge in [0.15, 0.2) is 0 Å². The van der Waals surface area contributed by atoms with Crippen LogP contribution in [0.3, 0.4) is 0 Å². The van der Waals surface area contributed by atoms with Gasteiger partial charge in [-0.05, 0) is 32.1 Å². The molecular weight excluding hydrogens is 346 g/mol. The Morgan fingerprint density at radius 3 is 1.43 bits per heavy atom. The van der Waals surface area contributed by atoms with Crippen LogP contribution in [0.1, 0.15) is 143 Å². The van der Waals surface area contributed by atoms with Crippen LogP contribution in [0.25, 0.3) is 0 Å². The van der Waals surface area contributed by atoms with E-state index in [1.165, 1.54) is 89.9 Å². The zero-order valence-electron chi connectivity index (χ0n) is 19.5. The zero-order chi connectivity index (χ0) is 20.9. The summed E-state index contributed by atoms with van der Waals surface area (Å²) in [6, 6.07) is -0.437. The summed E-state index contributed by atoms with van der Waals surface area (Å²) in [5.74, 6) is -0.168. The molecule has 1 atom stereocenters. The Morgan fingerprint density at radius 2 is 0.964 bits per heavy atom. The standard InChI is InChI=1S/C25H51NO2/c1-4-7-10-13-15-17-20-23(21-18-16-14-11-8-5-2)28-25(27)24(26)22-19-12-9-6-3/h23-24H,4-22,26H2,1-3H3. The number of hydrogen-bond acceptors (Lipinski definition) is 3. The van der Waals surface area contributed by atoms with E-state index in [-0.39, 0.29) is 12.1 Å². The molecule has 1 unspecified atom stereocenters. The summed E-state index contributed by atoms with van der Waals surface area (Å²) in [7, 11) is 0. The molecule has 0 aromatic carbocycles. The van der Waals surface area contributed by atoms with E-state index in [0.717, 1.165) is 32.1 Å². The number of esters is 1. The second-order valence-corrected chi connectivity index (χ2v) is 8.63. The lowest BCUT2D eigenvalue weighted by molar-refractivity contribution is -0.151. The molecule has 0 aromatic heterocycles. The molecule has 0 heterocycles. The molecule has 3 heteroatoms. The maximum Gasteiger partial charge on any atom is 0.323 e. The number of rotatable bonds is 21. The van der Waals surface area contributed by atoms with E-state index >= 15 is 0 Å². The Kier molecular flexibility index (Phi) is 20.7. The highest BCUT2D eigenvalue weighted by Crippen LogP contribution is 2.18. The van der Waals surface area contributed by atoms with Gasteiger partial charge in [-0.1, -0.05) is 111 Å². The first-order valence-electron chi connectivity index (χ1n) is 12.6. The molecule has 0 saturated carbocycles. The van der Waals surface area contributed by atoms with Crippen molar-refractivity contribution in [3.05, 3.63) is 0 Å². The molecule has 3 nitrogen and oxygen atoms in total. The monoisotopic (exact) mass is 397 g/mol. The molecule has 0 rings (SSSR count). The summed E-state index contributed by atoms with van der Waals surface area (Å²) < 4.78 is 5.86. The molecular formula is C25H51NO2. The average molecular weight is 398 g/mol. The van der Waals surface area contributed by atoms with Crippen LogP contribution in [-0.4, -0.2) is 18.1 Å². The van der Waals surface area contributed by atoms with Crippen LogP contribution in [0.2, 0.25) is 0 Å². The maximum atomic E-state index is 12.4. The third-order valence-corrected chi connectivity index (χ3v) is 5.71. The van der Waals surface area contributed by atoms with Gasteiger partial charge in [0, 0.05) is 0 Å². The van der Waals surface area contributed by atoms with E-state index in [1.54, 1.807) is 0 Å². The maximum absolute atomic E-state index is 12.4. The third-order valence-electron chi connectivity index (χ3n) is 5.71. The van der Waals surface area contributed by atoms with E-state index < -0.39 is 6.04 Å². The van der Waals surface area contributed by atoms with Gasteiger partial charge in [0.25, 0.3) is 0 Å². The van der Waals surface area contributed by atoms with Crippen molar-refractivity contribution in [1.82, 2.24) is 0 Å². The molecule has 0 aliphatic heterocycles. The van der Waals surface area contributed by atoms with Crippen molar-refractivity contribution in [1.29, 1.82) is 0 Å². The van der Waals surface area contributed by atoms with Gasteiger partial charge >= 0.3 is 5.97 Å². The largest absolute Gasteiger partial charge is 0.461 e. The van der Waals surface area contributed by atoms with Gasteiger partial charge in [-0.3, -0.25) is 4.79 Å². The van der Waals surface area contributed by atoms with E-state index in [0.29, 0.717) is 0 Å². The van der Waals surface area contributed by atoms with Crippen LogP contribution in [0.4, 0.5) is 0 Å². The summed E-state index contributed by atoms with van der Waals surface area (Å²) in [6.07, 6.45) is 22.9. The predicted molar refractivity (Wildman–Crippen MR) is 123 cm³/mol. The topological polar surface area (TPSA) is 52.3 Å². The lowest BCUT2D eigenvalue weighted by atomic mass is 10.0. The molecule has 0 aromatic rings. The molecule has 0 spiro atoms. The van der Waals surface area contributed by atoms with Crippen molar-refractivity contribution in [3.8, 4) is 0 Å². The van der Waals surface area contributed by atoms with Crippen LogP contribution in [0.5, 0.6) is 0 Å². The minimum absolute atomic E-state index is 0.0755. The number of unbranched alkanes of at least 4 members (excludes halogenated alkanes) is 13. The van der Waals surface area contributed by atoms with E-state index in [2.05, 4.69) is 20.8 Å². The Morgan fingerprint density at radius 1 is 0.607 bits per heavy atom. The molecule has 0 bridgehead atoms. The van der Waals surface area contributed by atoms with Crippen molar-refractivity contribution in [2.24, 2.45) is 5.73 Å². The van der Waals surface area contributed by atoms with Crippen LogP contribution >= 0.6 is 0 Å². The van der Waals surface area contributed by atoms with E-state index in [4.69, 9.17) is 10.5 Å². The van der Waals surface area contributed by atoms with Crippen molar-refractivity contribution in [3.63, 3.8) is 0 Å². The minimum atomic E-state index is -0.437. The van der Waals surface area contributed by atoms with Gasteiger partial charge in [-0.15, -0.1) is 0 Å². The van der Waals surface area contributed by atoms with Gasteiger partial charge < -0.3 is 10.5 Å². The smallest absolute Gasteiger partial charge is 0.323 e. The molecule has 2 N–H and O–H groups in total. The summed E-state index contributed by atoms with van der Waals surface area (Å²) >= 11 is 0. The van der Waals surface area contributed by atoms with E-state index in [1.807, 2.05) is 0 Å². The van der Waals surface area contributed by atoms with Gasteiger partial charge in [0.05, 0.1) is 0 Å². The number of ether oxygens (including phenoxy) is 1. The first kappa shape index (κ1) is 27.4. The molecule has 0 aliphatic rings. The van der Waals surface area contributed by atoms with Gasteiger partial charge in [-0.2, -0.15) is 0 Å². The van der Waals surface area contributed by atoms with Crippen molar-refractivity contribution in [2.75, 3.05) is 0 Å². The Labute approximate surface area is 176 Å². The fraction of sp³-hybridized carbons (Fsp3) is 0.960. The van der Waals surface area contributed by atoms with Crippen LogP contribution in [0, 0.1) is 0 Å². The molecule has 0 aliphatic carbocycles.